The van der Waals surface area contributed by atoms with Crippen molar-refractivity contribution in [2.45, 2.75) is 38.6 Å². The molecule has 1 aromatic carbocycles. The molecule has 7 heteroatoms. The van der Waals surface area contributed by atoms with E-state index in [4.69, 9.17) is 5.73 Å². The molecule has 0 aliphatic carbocycles. The molecule has 2 aromatic rings. The zero-order chi connectivity index (χ0) is 15.8. The highest BCUT2D eigenvalue weighted by molar-refractivity contribution is 7.89. The summed E-state index contributed by atoms with van der Waals surface area (Å²) in [5.41, 5.74) is 7.97. The largest absolute Gasteiger partial charge is 0.398 e. The first-order valence-electron chi connectivity index (χ1n) is 6.53. The van der Waals surface area contributed by atoms with Crippen molar-refractivity contribution in [1.82, 2.24) is 9.71 Å². The predicted molar refractivity (Wildman–Crippen MR) is 85.9 cm³/mol. The number of nitrogens with two attached hydrogens (primary N) is 1. The minimum absolute atomic E-state index is 0.177. The van der Waals surface area contributed by atoms with Gasteiger partial charge in [0.1, 0.15) is 0 Å². The van der Waals surface area contributed by atoms with Crippen LogP contribution in [0.3, 0.4) is 0 Å². The molecule has 0 saturated carbocycles. The molecule has 0 bridgehead atoms. The number of anilines is 1. The molecule has 5 nitrogen and oxygen atoms in total. The van der Waals surface area contributed by atoms with Gasteiger partial charge in [-0.15, -0.1) is 11.3 Å². The zero-order valence-electron chi connectivity index (χ0n) is 12.5. The molecule has 21 heavy (non-hydrogen) atoms. The van der Waals surface area contributed by atoms with Gasteiger partial charge in [-0.05, 0) is 45.4 Å². The first kappa shape index (κ1) is 15.9. The van der Waals surface area contributed by atoms with Crippen LogP contribution in [-0.4, -0.2) is 13.4 Å². The van der Waals surface area contributed by atoms with Gasteiger partial charge in [0.05, 0.1) is 21.6 Å². The van der Waals surface area contributed by atoms with Crippen molar-refractivity contribution in [1.29, 1.82) is 0 Å². The number of rotatable bonds is 4. The quantitative estimate of drug-likeness (QED) is 0.846. The first-order chi connectivity index (χ1) is 9.70. The van der Waals surface area contributed by atoms with Crippen molar-refractivity contribution in [3.63, 3.8) is 0 Å². The molecule has 0 fully saturated rings. The average molecular weight is 325 g/mol. The van der Waals surface area contributed by atoms with Gasteiger partial charge in [-0.25, -0.2) is 18.1 Å². The molecule has 0 aliphatic rings. The Morgan fingerprint density at radius 1 is 1.29 bits per heavy atom. The van der Waals surface area contributed by atoms with Crippen molar-refractivity contribution in [2.24, 2.45) is 0 Å². The number of sulfonamides is 1. The summed E-state index contributed by atoms with van der Waals surface area (Å²) in [6.45, 7) is 7.44. The molecule has 0 spiro atoms. The summed E-state index contributed by atoms with van der Waals surface area (Å²) in [6, 6.07) is 4.42. The summed E-state index contributed by atoms with van der Waals surface area (Å²) in [5, 5.41) is 0.924. The Bertz CT molecular complexity index is 767. The van der Waals surface area contributed by atoms with Gasteiger partial charge in [-0.3, -0.25) is 0 Å². The maximum Gasteiger partial charge on any atom is 0.241 e. The fourth-order valence-electron chi connectivity index (χ4n) is 2.09. The highest BCUT2D eigenvalue weighted by Gasteiger charge is 2.21. The van der Waals surface area contributed by atoms with Crippen LogP contribution in [0, 0.1) is 20.8 Å². The average Bonchev–Trinajstić information content (AvgIpc) is 2.71. The molecule has 1 unspecified atom stereocenters. The van der Waals surface area contributed by atoms with Crippen LogP contribution < -0.4 is 10.5 Å². The van der Waals surface area contributed by atoms with E-state index in [9.17, 15) is 8.42 Å². The zero-order valence-corrected chi connectivity index (χ0v) is 14.1. The van der Waals surface area contributed by atoms with Crippen LogP contribution in [0.15, 0.2) is 23.1 Å². The second-order valence-electron chi connectivity index (χ2n) is 5.04. The van der Waals surface area contributed by atoms with Crippen molar-refractivity contribution in [2.75, 3.05) is 5.73 Å². The molecule has 0 aliphatic heterocycles. The first-order valence-corrected chi connectivity index (χ1v) is 8.83. The van der Waals surface area contributed by atoms with Gasteiger partial charge < -0.3 is 5.73 Å². The van der Waals surface area contributed by atoms with Crippen LogP contribution >= 0.6 is 11.3 Å². The van der Waals surface area contributed by atoms with E-state index < -0.39 is 10.0 Å². The summed E-state index contributed by atoms with van der Waals surface area (Å²) in [7, 11) is -3.61. The number of thiazole rings is 1. The maximum atomic E-state index is 12.4. The van der Waals surface area contributed by atoms with Crippen molar-refractivity contribution in [3.8, 4) is 0 Å². The van der Waals surface area contributed by atoms with E-state index in [2.05, 4.69) is 9.71 Å². The summed E-state index contributed by atoms with van der Waals surface area (Å²) in [5.74, 6) is 0. The lowest BCUT2D eigenvalue weighted by Crippen LogP contribution is -2.27. The molecule has 0 radical (unpaired) electrons. The van der Waals surface area contributed by atoms with Gasteiger partial charge in [-0.1, -0.05) is 6.07 Å². The third-order valence-corrected chi connectivity index (χ3v) is 6.02. The topological polar surface area (TPSA) is 85.1 Å². The molecule has 0 amide bonds. The summed E-state index contributed by atoms with van der Waals surface area (Å²) in [6.07, 6.45) is 0. The Hall–Kier alpha value is -1.44. The Balaban J connectivity index is 2.28. The Morgan fingerprint density at radius 2 is 1.95 bits per heavy atom. The van der Waals surface area contributed by atoms with E-state index >= 15 is 0 Å². The van der Waals surface area contributed by atoms with Crippen LogP contribution in [0.2, 0.25) is 0 Å². The van der Waals surface area contributed by atoms with Gasteiger partial charge in [0.15, 0.2) is 0 Å². The van der Waals surface area contributed by atoms with Crippen LogP contribution in [-0.2, 0) is 10.0 Å². The van der Waals surface area contributed by atoms with Crippen molar-refractivity contribution >= 4 is 27.0 Å². The fraction of sp³-hybridized carbons (Fsp3) is 0.357. The van der Waals surface area contributed by atoms with E-state index in [0.717, 1.165) is 21.1 Å². The molecular weight excluding hydrogens is 306 g/mol. The van der Waals surface area contributed by atoms with Crippen molar-refractivity contribution < 1.29 is 8.42 Å². The number of hydrogen-bond acceptors (Lipinski definition) is 5. The maximum absolute atomic E-state index is 12.4. The van der Waals surface area contributed by atoms with Crippen LogP contribution in [0.25, 0.3) is 0 Å². The summed E-state index contributed by atoms with van der Waals surface area (Å²) < 4.78 is 27.5. The number of nitrogens with one attached hydrogen (secondary N) is 1. The van der Waals surface area contributed by atoms with Gasteiger partial charge in [0.25, 0.3) is 0 Å². The number of aromatic nitrogens is 1. The number of nitrogens with zero attached hydrogens (tertiary/aromatic N) is 1. The third kappa shape index (κ3) is 3.42. The van der Waals surface area contributed by atoms with Crippen LogP contribution in [0.1, 0.15) is 34.1 Å². The Morgan fingerprint density at radius 3 is 2.48 bits per heavy atom. The second-order valence-corrected chi connectivity index (χ2v) is 7.99. The monoisotopic (exact) mass is 325 g/mol. The second kappa shape index (κ2) is 5.75. The van der Waals surface area contributed by atoms with Gasteiger partial charge in [0.2, 0.25) is 10.0 Å². The number of aryl methyl sites for hydroxylation is 3. The Labute approximate surface area is 129 Å². The lowest BCUT2D eigenvalue weighted by atomic mass is 10.2. The summed E-state index contributed by atoms with van der Waals surface area (Å²) in [4.78, 5) is 5.43. The number of benzene rings is 1. The highest BCUT2D eigenvalue weighted by atomic mass is 32.2. The Kier molecular flexibility index (Phi) is 4.36. The van der Waals surface area contributed by atoms with Gasteiger partial charge >= 0.3 is 0 Å². The standard InChI is InChI=1S/C14H19N3O2S2/c1-8-5-6-12(7-13(8)15)21(18,19)17-10(3)14-9(2)16-11(4)20-14/h5-7,10,17H,15H2,1-4H3. The molecule has 1 heterocycles. The molecule has 1 atom stereocenters. The van der Waals surface area contributed by atoms with Crippen LogP contribution in [0.4, 0.5) is 5.69 Å². The minimum Gasteiger partial charge on any atom is -0.398 e. The SMILES string of the molecule is Cc1nc(C)c(C(C)NS(=O)(=O)c2ccc(C)c(N)c2)s1. The normalized spacial score (nSPS) is 13.3. The van der Waals surface area contributed by atoms with E-state index in [-0.39, 0.29) is 10.9 Å². The molecule has 0 saturated heterocycles. The number of nitrogen functional groups attached to an aromatic ring is 1. The van der Waals surface area contributed by atoms with Crippen LogP contribution in [0.5, 0.6) is 0 Å². The fourth-order valence-corrected chi connectivity index (χ4v) is 4.34. The highest BCUT2D eigenvalue weighted by Crippen LogP contribution is 2.26. The molecule has 3 N–H and O–H groups in total. The third-order valence-electron chi connectivity index (χ3n) is 3.23. The summed E-state index contributed by atoms with van der Waals surface area (Å²) >= 11 is 1.50. The van der Waals surface area contributed by atoms with E-state index in [1.54, 1.807) is 12.1 Å². The van der Waals surface area contributed by atoms with E-state index in [1.165, 1.54) is 17.4 Å². The van der Waals surface area contributed by atoms with E-state index in [0.29, 0.717) is 5.69 Å². The lowest BCUT2D eigenvalue weighted by molar-refractivity contribution is 0.568. The lowest BCUT2D eigenvalue weighted by Gasteiger charge is -2.14. The molecule has 114 valence electrons. The molecule has 1 aromatic heterocycles. The van der Waals surface area contributed by atoms with Gasteiger partial charge in [-0.2, -0.15) is 0 Å². The predicted octanol–water partition coefficient (Wildman–Crippen LogP) is 2.69. The smallest absolute Gasteiger partial charge is 0.241 e. The molecular formula is C14H19N3O2S2. The van der Waals surface area contributed by atoms with Crippen molar-refractivity contribution in [3.05, 3.63) is 39.3 Å². The van der Waals surface area contributed by atoms with E-state index in [1.807, 2.05) is 27.7 Å². The van der Waals surface area contributed by atoms with Gasteiger partial charge in [0, 0.05) is 10.6 Å². The number of hydrogen-bond donors (Lipinski definition) is 2. The minimum atomic E-state index is -3.61. The molecule has 2 rings (SSSR count).